The molecule has 0 saturated carbocycles. The highest BCUT2D eigenvalue weighted by Crippen LogP contribution is 2.43. The summed E-state index contributed by atoms with van der Waals surface area (Å²) >= 11 is 0. The van der Waals surface area contributed by atoms with Crippen LogP contribution in [-0.4, -0.2) is 73.4 Å². The predicted molar refractivity (Wildman–Crippen MR) is 328 cm³/mol. The largest absolute Gasteiger partial charge is 0.472 e. The van der Waals surface area contributed by atoms with E-state index in [-0.39, 0.29) is 19.1 Å². The lowest BCUT2D eigenvalue weighted by Crippen LogP contribution is -2.45. The van der Waals surface area contributed by atoms with Crippen LogP contribution in [0.2, 0.25) is 0 Å². The average Bonchev–Trinajstić information content (AvgIpc) is 3.37. The van der Waals surface area contributed by atoms with E-state index in [1.165, 1.54) is 270 Å². The number of phosphoric acid groups is 1. The Bertz CT molecular complexity index is 1320. The summed E-state index contributed by atoms with van der Waals surface area (Å²) in [6.45, 7) is 4.83. The Balaban J connectivity index is 3.94. The van der Waals surface area contributed by atoms with Gasteiger partial charge in [-0.1, -0.05) is 301 Å². The molecule has 1 amide bonds. The molecule has 3 atom stereocenters. The van der Waals surface area contributed by atoms with Crippen molar-refractivity contribution >= 4 is 13.7 Å². The van der Waals surface area contributed by atoms with Gasteiger partial charge in [-0.05, 0) is 57.8 Å². The smallest absolute Gasteiger partial charge is 0.387 e. The number of unbranched alkanes of at least 4 members (excludes halogenated alkanes) is 44. The molecule has 3 unspecified atom stereocenters. The first-order valence-electron chi connectivity index (χ1n) is 32.9. The molecule has 0 fully saturated rings. The van der Waals surface area contributed by atoms with Crippen molar-refractivity contribution in [3.8, 4) is 0 Å². The van der Waals surface area contributed by atoms with E-state index >= 15 is 0 Å². The maximum atomic E-state index is 13.0. The first-order chi connectivity index (χ1) is 36.5. The van der Waals surface area contributed by atoms with Crippen LogP contribution in [0.15, 0.2) is 36.5 Å². The molecule has 3 N–H and O–H groups in total. The summed E-state index contributed by atoms with van der Waals surface area (Å²) in [5.41, 5.74) is 0. The van der Waals surface area contributed by atoms with Crippen LogP contribution in [-0.2, 0) is 18.4 Å². The van der Waals surface area contributed by atoms with Gasteiger partial charge in [0.15, 0.2) is 0 Å². The number of aliphatic hydroxyl groups is 1. The summed E-state index contributed by atoms with van der Waals surface area (Å²) in [7, 11) is 1.57. The van der Waals surface area contributed by atoms with Crippen molar-refractivity contribution in [2.24, 2.45) is 0 Å². The lowest BCUT2D eigenvalue weighted by Gasteiger charge is -2.25. The lowest BCUT2D eigenvalue weighted by atomic mass is 10.0. The summed E-state index contributed by atoms with van der Waals surface area (Å²) in [5, 5.41) is 13.9. The SMILES string of the molecule is CCCCCCCCCC/C=C\CCCCCCCCCCCCCCCCCCCCCCCCCCCC(=O)NC(COP(=O)(O)OCC[N+](C)(C)C)C(O)/C=C/CC/C=C/CCCCCCCCCCCC. The van der Waals surface area contributed by atoms with Crippen LogP contribution in [0.1, 0.15) is 328 Å². The van der Waals surface area contributed by atoms with E-state index in [0.29, 0.717) is 17.4 Å². The molecule has 0 rings (SSSR count). The summed E-state index contributed by atoms with van der Waals surface area (Å²) in [6.07, 6.45) is 75.8. The number of carbonyl (C=O) groups excluding carboxylic acids is 1. The van der Waals surface area contributed by atoms with E-state index in [9.17, 15) is 19.4 Å². The van der Waals surface area contributed by atoms with Gasteiger partial charge in [-0.3, -0.25) is 13.8 Å². The molecule has 0 spiro atoms. The van der Waals surface area contributed by atoms with Crippen molar-refractivity contribution in [1.29, 1.82) is 0 Å². The lowest BCUT2D eigenvalue weighted by molar-refractivity contribution is -0.870. The molecule has 0 aliphatic carbocycles. The average molecular weight is 1080 g/mol. The zero-order chi connectivity index (χ0) is 54.9. The molecule has 0 saturated heterocycles. The standard InChI is InChI=1S/C66H129N2O6P/c1-6-8-10-12-14-16-18-20-22-24-25-26-27-28-29-30-31-32-33-34-35-36-37-38-39-40-41-42-43-44-46-48-50-52-54-56-58-60-66(70)67-64(63-74-75(71,72)73-62-61-68(3,4)5)65(69)59-57-55-53-51-49-47-45-23-21-19-17-15-13-11-9-7-2/h24-25,49,51,57,59,64-65,69H,6-23,26-48,50,52-56,58,60-63H2,1-5H3,(H-,67,70,71,72)/p+1/b25-24-,51-49+,59-57+. The Kier molecular flexibility index (Phi) is 56.4. The highest BCUT2D eigenvalue weighted by atomic mass is 31.2. The van der Waals surface area contributed by atoms with Gasteiger partial charge in [0.1, 0.15) is 13.2 Å². The molecule has 9 heteroatoms. The number of amides is 1. The van der Waals surface area contributed by atoms with Crippen molar-refractivity contribution in [3.05, 3.63) is 36.5 Å². The van der Waals surface area contributed by atoms with Crippen LogP contribution in [0, 0.1) is 0 Å². The van der Waals surface area contributed by atoms with Crippen molar-refractivity contribution in [2.75, 3.05) is 40.9 Å². The third kappa shape index (κ3) is 60.2. The number of rotatable bonds is 61. The topological polar surface area (TPSA) is 105 Å². The maximum Gasteiger partial charge on any atom is 0.472 e. The van der Waals surface area contributed by atoms with Gasteiger partial charge in [0.05, 0.1) is 39.9 Å². The molecular weight excluding hydrogens is 948 g/mol. The van der Waals surface area contributed by atoms with Gasteiger partial charge < -0.3 is 19.8 Å². The molecular formula is C66H130N2O6P+. The minimum atomic E-state index is -4.35. The predicted octanol–water partition coefficient (Wildman–Crippen LogP) is 20.5. The van der Waals surface area contributed by atoms with E-state index in [1.54, 1.807) is 6.08 Å². The monoisotopic (exact) mass is 1080 g/mol. The van der Waals surface area contributed by atoms with E-state index in [2.05, 4.69) is 43.5 Å². The Morgan fingerprint density at radius 3 is 1.07 bits per heavy atom. The first-order valence-corrected chi connectivity index (χ1v) is 34.4. The molecule has 0 aliphatic heterocycles. The van der Waals surface area contributed by atoms with Crippen LogP contribution in [0.4, 0.5) is 0 Å². The van der Waals surface area contributed by atoms with E-state index < -0.39 is 20.0 Å². The maximum absolute atomic E-state index is 13.0. The Hall–Kier alpha value is -1.28. The number of likely N-dealkylation sites (N-methyl/N-ethyl adjacent to an activating group) is 1. The van der Waals surface area contributed by atoms with Crippen molar-refractivity contribution in [3.63, 3.8) is 0 Å². The number of quaternary nitrogens is 1. The molecule has 444 valence electrons. The van der Waals surface area contributed by atoms with Gasteiger partial charge in [0, 0.05) is 6.42 Å². The van der Waals surface area contributed by atoms with Gasteiger partial charge in [0.25, 0.3) is 0 Å². The number of allylic oxidation sites excluding steroid dienone is 5. The zero-order valence-electron chi connectivity index (χ0n) is 50.8. The van der Waals surface area contributed by atoms with Crippen LogP contribution in [0.5, 0.6) is 0 Å². The molecule has 0 aromatic rings. The summed E-state index contributed by atoms with van der Waals surface area (Å²) in [4.78, 5) is 23.3. The van der Waals surface area contributed by atoms with E-state index in [4.69, 9.17) is 9.05 Å². The summed E-state index contributed by atoms with van der Waals surface area (Å²) < 4.78 is 23.7. The van der Waals surface area contributed by atoms with Gasteiger partial charge in [-0.2, -0.15) is 0 Å². The van der Waals surface area contributed by atoms with Gasteiger partial charge in [0.2, 0.25) is 5.91 Å². The third-order valence-electron chi connectivity index (χ3n) is 15.1. The molecule has 0 aromatic carbocycles. The number of nitrogens with one attached hydrogen (secondary N) is 1. The Morgan fingerprint density at radius 2 is 0.733 bits per heavy atom. The molecule has 0 aromatic heterocycles. The zero-order valence-corrected chi connectivity index (χ0v) is 51.7. The van der Waals surface area contributed by atoms with E-state index in [0.717, 1.165) is 38.5 Å². The van der Waals surface area contributed by atoms with Gasteiger partial charge >= 0.3 is 7.82 Å². The number of phosphoric ester groups is 1. The van der Waals surface area contributed by atoms with Gasteiger partial charge in [-0.15, -0.1) is 0 Å². The van der Waals surface area contributed by atoms with Crippen molar-refractivity contribution in [2.45, 2.75) is 341 Å². The normalized spacial score (nSPS) is 14.0. The van der Waals surface area contributed by atoms with Crippen LogP contribution < -0.4 is 5.32 Å². The fraction of sp³-hybridized carbons (Fsp3) is 0.894. The number of hydrogen-bond acceptors (Lipinski definition) is 5. The number of aliphatic hydroxyl groups excluding tert-OH is 1. The number of hydrogen-bond donors (Lipinski definition) is 3. The Morgan fingerprint density at radius 1 is 0.440 bits per heavy atom. The second-order valence-corrected chi connectivity index (χ2v) is 25.3. The fourth-order valence-corrected chi connectivity index (χ4v) is 10.7. The molecule has 8 nitrogen and oxygen atoms in total. The fourth-order valence-electron chi connectivity index (χ4n) is 9.94. The summed E-state index contributed by atoms with van der Waals surface area (Å²) in [6, 6.07) is -0.861. The quantitative estimate of drug-likeness (QED) is 0.0243. The minimum absolute atomic E-state index is 0.0580. The highest BCUT2D eigenvalue weighted by molar-refractivity contribution is 7.47. The van der Waals surface area contributed by atoms with Crippen molar-refractivity contribution in [1.82, 2.24) is 5.32 Å². The second-order valence-electron chi connectivity index (χ2n) is 23.8. The third-order valence-corrected chi connectivity index (χ3v) is 16.1. The van der Waals surface area contributed by atoms with E-state index in [1.807, 2.05) is 27.2 Å². The number of nitrogens with zero attached hydrogens (tertiary/aromatic N) is 1. The summed E-state index contributed by atoms with van der Waals surface area (Å²) in [5.74, 6) is -0.181. The Labute approximate surface area is 467 Å². The first kappa shape index (κ1) is 73.7. The van der Waals surface area contributed by atoms with Crippen molar-refractivity contribution < 1.29 is 32.9 Å². The number of carbonyl (C=O) groups is 1. The minimum Gasteiger partial charge on any atom is -0.387 e. The molecule has 0 aliphatic rings. The molecule has 0 heterocycles. The second kappa shape index (κ2) is 57.4. The van der Waals surface area contributed by atoms with Crippen LogP contribution >= 0.6 is 7.82 Å². The van der Waals surface area contributed by atoms with Crippen LogP contribution in [0.25, 0.3) is 0 Å². The van der Waals surface area contributed by atoms with Crippen LogP contribution in [0.3, 0.4) is 0 Å². The highest BCUT2D eigenvalue weighted by Gasteiger charge is 2.28. The molecule has 0 bridgehead atoms. The molecule has 75 heavy (non-hydrogen) atoms. The van der Waals surface area contributed by atoms with Gasteiger partial charge in [-0.25, -0.2) is 4.57 Å². The molecule has 0 radical (unpaired) electrons.